The molecule has 5 heteroatoms. The Balaban J connectivity index is 2.22. The van der Waals surface area contributed by atoms with Crippen LogP contribution < -0.4 is 0 Å². The zero-order valence-corrected chi connectivity index (χ0v) is 10.5. The van der Waals surface area contributed by atoms with Crippen LogP contribution in [0.15, 0.2) is 30.6 Å². The first kappa shape index (κ1) is 12.3. The van der Waals surface area contributed by atoms with Crippen LogP contribution in [0, 0.1) is 11.3 Å². The van der Waals surface area contributed by atoms with Crippen LogP contribution in [-0.2, 0) is 6.54 Å². The molecule has 0 fully saturated rings. The summed E-state index contributed by atoms with van der Waals surface area (Å²) in [4.78, 5) is 6.37. The van der Waals surface area contributed by atoms with Gasteiger partial charge in [0.05, 0.1) is 18.2 Å². The standard InChI is InChI=1S/C13H15N5/c1-17(2)7-8-18-13(15-10-16-18)12-5-3-11(9-14)4-6-12/h3-6,10H,7-8H2,1-2H3. The lowest BCUT2D eigenvalue weighted by Crippen LogP contribution is -2.19. The van der Waals surface area contributed by atoms with Gasteiger partial charge in [-0.2, -0.15) is 10.4 Å². The van der Waals surface area contributed by atoms with Crippen LogP contribution in [0.3, 0.4) is 0 Å². The Bertz CT molecular complexity index is 548. The number of hydrogen-bond donors (Lipinski definition) is 0. The van der Waals surface area contributed by atoms with Crippen LogP contribution in [-0.4, -0.2) is 40.3 Å². The number of likely N-dealkylation sites (N-methyl/N-ethyl adjacent to an activating group) is 1. The van der Waals surface area contributed by atoms with E-state index in [1.54, 1.807) is 18.5 Å². The van der Waals surface area contributed by atoms with Gasteiger partial charge in [-0.05, 0) is 38.4 Å². The van der Waals surface area contributed by atoms with E-state index in [-0.39, 0.29) is 0 Å². The Kier molecular flexibility index (Phi) is 3.70. The number of benzene rings is 1. The van der Waals surface area contributed by atoms with Crippen molar-refractivity contribution in [2.24, 2.45) is 0 Å². The molecule has 18 heavy (non-hydrogen) atoms. The number of hydrogen-bond acceptors (Lipinski definition) is 4. The van der Waals surface area contributed by atoms with E-state index in [1.165, 1.54) is 0 Å². The largest absolute Gasteiger partial charge is 0.308 e. The fourth-order valence-corrected chi connectivity index (χ4v) is 1.64. The lowest BCUT2D eigenvalue weighted by Gasteiger charge is -2.10. The average Bonchev–Trinajstić information content (AvgIpc) is 2.85. The molecule has 0 unspecified atom stereocenters. The van der Waals surface area contributed by atoms with E-state index in [2.05, 4.69) is 21.1 Å². The van der Waals surface area contributed by atoms with Crippen molar-refractivity contribution in [3.63, 3.8) is 0 Å². The molecule has 0 aliphatic heterocycles. The summed E-state index contributed by atoms with van der Waals surface area (Å²) in [7, 11) is 4.05. The second-order valence-corrected chi connectivity index (χ2v) is 4.30. The molecule has 1 heterocycles. The second-order valence-electron chi connectivity index (χ2n) is 4.30. The summed E-state index contributed by atoms with van der Waals surface area (Å²) in [6.07, 6.45) is 1.56. The van der Waals surface area contributed by atoms with E-state index in [0.29, 0.717) is 5.56 Å². The fraction of sp³-hybridized carbons (Fsp3) is 0.308. The predicted octanol–water partition coefficient (Wildman–Crippen LogP) is 1.38. The number of nitriles is 1. The molecule has 0 aliphatic rings. The third-order valence-corrected chi connectivity index (χ3v) is 2.65. The smallest absolute Gasteiger partial charge is 0.158 e. The minimum absolute atomic E-state index is 0.651. The summed E-state index contributed by atoms with van der Waals surface area (Å²) in [5.74, 6) is 0.835. The molecule has 2 aromatic rings. The molecule has 5 nitrogen and oxygen atoms in total. The Morgan fingerprint density at radius 1 is 1.28 bits per heavy atom. The van der Waals surface area contributed by atoms with Gasteiger partial charge in [0.25, 0.3) is 0 Å². The van der Waals surface area contributed by atoms with Crippen molar-refractivity contribution in [2.75, 3.05) is 20.6 Å². The van der Waals surface area contributed by atoms with Crippen molar-refractivity contribution in [1.29, 1.82) is 5.26 Å². The van der Waals surface area contributed by atoms with Crippen molar-refractivity contribution in [2.45, 2.75) is 6.54 Å². The molecule has 0 aliphatic carbocycles. The van der Waals surface area contributed by atoms with E-state index in [0.717, 1.165) is 24.5 Å². The summed E-state index contributed by atoms with van der Waals surface area (Å²) in [5, 5.41) is 13.0. The lowest BCUT2D eigenvalue weighted by atomic mass is 10.1. The molecule has 0 amide bonds. The lowest BCUT2D eigenvalue weighted by molar-refractivity contribution is 0.374. The van der Waals surface area contributed by atoms with Gasteiger partial charge in [0, 0.05) is 12.1 Å². The summed E-state index contributed by atoms with van der Waals surface area (Å²) < 4.78 is 1.88. The quantitative estimate of drug-likeness (QED) is 0.811. The van der Waals surface area contributed by atoms with Gasteiger partial charge in [-0.3, -0.25) is 0 Å². The van der Waals surface area contributed by atoms with E-state index in [9.17, 15) is 0 Å². The minimum atomic E-state index is 0.651. The molecule has 2 rings (SSSR count). The highest BCUT2D eigenvalue weighted by Crippen LogP contribution is 2.16. The summed E-state index contributed by atoms with van der Waals surface area (Å²) in [6, 6.07) is 9.48. The van der Waals surface area contributed by atoms with Gasteiger partial charge in [-0.15, -0.1) is 0 Å². The minimum Gasteiger partial charge on any atom is -0.308 e. The van der Waals surface area contributed by atoms with E-state index in [1.807, 2.05) is 30.9 Å². The first-order valence-electron chi connectivity index (χ1n) is 5.74. The molecule has 0 N–H and O–H groups in total. The molecule has 1 aromatic heterocycles. The van der Waals surface area contributed by atoms with E-state index >= 15 is 0 Å². The second kappa shape index (κ2) is 5.43. The maximum Gasteiger partial charge on any atom is 0.158 e. The fourth-order valence-electron chi connectivity index (χ4n) is 1.64. The van der Waals surface area contributed by atoms with Gasteiger partial charge in [-0.25, -0.2) is 9.67 Å². The van der Waals surface area contributed by atoms with Crippen LogP contribution in [0.5, 0.6) is 0 Å². The van der Waals surface area contributed by atoms with Crippen LogP contribution >= 0.6 is 0 Å². The molecular weight excluding hydrogens is 226 g/mol. The topological polar surface area (TPSA) is 57.7 Å². The van der Waals surface area contributed by atoms with Crippen molar-refractivity contribution in [3.05, 3.63) is 36.2 Å². The Hall–Kier alpha value is -2.19. The van der Waals surface area contributed by atoms with Gasteiger partial charge in [0.15, 0.2) is 5.82 Å². The van der Waals surface area contributed by atoms with Crippen molar-refractivity contribution < 1.29 is 0 Å². The van der Waals surface area contributed by atoms with Gasteiger partial charge in [-0.1, -0.05) is 0 Å². The van der Waals surface area contributed by atoms with Gasteiger partial charge in [0.2, 0.25) is 0 Å². The third kappa shape index (κ3) is 2.73. The Labute approximate surface area is 106 Å². The number of rotatable bonds is 4. The zero-order chi connectivity index (χ0) is 13.0. The molecule has 1 aromatic carbocycles. The first-order chi connectivity index (χ1) is 8.70. The molecule has 0 atom stereocenters. The van der Waals surface area contributed by atoms with Gasteiger partial charge < -0.3 is 4.90 Å². The average molecular weight is 241 g/mol. The van der Waals surface area contributed by atoms with Crippen LogP contribution in [0.25, 0.3) is 11.4 Å². The van der Waals surface area contributed by atoms with E-state index in [4.69, 9.17) is 5.26 Å². The SMILES string of the molecule is CN(C)CCn1ncnc1-c1ccc(C#N)cc1. The Morgan fingerprint density at radius 3 is 2.61 bits per heavy atom. The molecule has 0 saturated heterocycles. The highest BCUT2D eigenvalue weighted by molar-refractivity contribution is 5.56. The maximum atomic E-state index is 8.77. The molecule has 0 radical (unpaired) electrons. The predicted molar refractivity (Wildman–Crippen MR) is 68.7 cm³/mol. The maximum absolute atomic E-state index is 8.77. The third-order valence-electron chi connectivity index (χ3n) is 2.65. The highest BCUT2D eigenvalue weighted by Gasteiger charge is 2.07. The van der Waals surface area contributed by atoms with E-state index < -0.39 is 0 Å². The monoisotopic (exact) mass is 241 g/mol. The van der Waals surface area contributed by atoms with Gasteiger partial charge >= 0.3 is 0 Å². The Morgan fingerprint density at radius 2 is 2.00 bits per heavy atom. The number of aromatic nitrogens is 3. The molecule has 92 valence electrons. The van der Waals surface area contributed by atoms with Crippen LogP contribution in [0.4, 0.5) is 0 Å². The molecule has 0 saturated carbocycles. The van der Waals surface area contributed by atoms with Crippen LogP contribution in [0.1, 0.15) is 5.56 Å². The molecule has 0 spiro atoms. The zero-order valence-electron chi connectivity index (χ0n) is 10.5. The number of nitrogens with zero attached hydrogens (tertiary/aromatic N) is 5. The summed E-state index contributed by atoms with van der Waals surface area (Å²) in [5.41, 5.74) is 1.63. The summed E-state index contributed by atoms with van der Waals surface area (Å²) in [6.45, 7) is 1.70. The molecular formula is C13H15N5. The van der Waals surface area contributed by atoms with Crippen molar-refractivity contribution in [1.82, 2.24) is 19.7 Å². The van der Waals surface area contributed by atoms with Crippen molar-refractivity contribution >= 4 is 0 Å². The van der Waals surface area contributed by atoms with Crippen molar-refractivity contribution in [3.8, 4) is 17.5 Å². The highest BCUT2D eigenvalue weighted by atomic mass is 15.3. The summed E-state index contributed by atoms with van der Waals surface area (Å²) >= 11 is 0. The van der Waals surface area contributed by atoms with Gasteiger partial charge in [0.1, 0.15) is 6.33 Å². The first-order valence-corrected chi connectivity index (χ1v) is 5.74. The normalized spacial score (nSPS) is 10.6. The van der Waals surface area contributed by atoms with Crippen LogP contribution in [0.2, 0.25) is 0 Å². The molecule has 0 bridgehead atoms.